The second-order valence-electron chi connectivity index (χ2n) is 6.41. The van der Waals surface area contributed by atoms with Crippen LogP contribution in [0.4, 0.5) is 0 Å². The second-order valence-corrected chi connectivity index (χ2v) is 9.17. The van der Waals surface area contributed by atoms with E-state index in [1.54, 1.807) is 54.6 Å². The second kappa shape index (κ2) is 11.0. The van der Waals surface area contributed by atoms with Crippen molar-refractivity contribution in [1.29, 1.82) is 0 Å². The molecule has 3 aromatic carbocycles. The molecular formula is C23H16ClI2NO4. The molecule has 3 aromatic rings. The number of ether oxygens (including phenoxy) is 1. The topological polar surface area (TPSA) is 75.6 Å². The SMILES string of the molecule is O=C(O)/C(=C\c1cc(I)c(OCc2ccc(Cl)cc2)c(I)c1)NC(=O)c1ccccc1. The number of hydrogen-bond donors (Lipinski definition) is 2. The van der Waals surface area contributed by atoms with Gasteiger partial charge in [-0.1, -0.05) is 41.9 Å². The van der Waals surface area contributed by atoms with Gasteiger partial charge in [0.2, 0.25) is 0 Å². The molecule has 0 aliphatic rings. The molecule has 0 aliphatic heterocycles. The molecule has 0 bridgehead atoms. The van der Waals surface area contributed by atoms with Gasteiger partial charge >= 0.3 is 5.97 Å². The number of carbonyl (C=O) groups excluding carboxylic acids is 1. The third-order valence-corrected chi connectivity index (χ3v) is 6.00. The Bertz CT molecular complexity index is 1110. The summed E-state index contributed by atoms with van der Waals surface area (Å²) in [5.74, 6) is -1.00. The molecule has 0 spiro atoms. The molecule has 0 radical (unpaired) electrons. The number of nitrogens with one attached hydrogen (secondary N) is 1. The van der Waals surface area contributed by atoms with Crippen LogP contribution in [0.2, 0.25) is 5.02 Å². The lowest BCUT2D eigenvalue weighted by Gasteiger charge is -2.12. The molecule has 0 heterocycles. The number of carbonyl (C=O) groups is 2. The van der Waals surface area contributed by atoms with Gasteiger partial charge in [0, 0.05) is 10.6 Å². The van der Waals surface area contributed by atoms with Gasteiger partial charge in [0.1, 0.15) is 18.1 Å². The number of benzene rings is 3. The largest absolute Gasteiger partial charge is 0.487 e. The zero-order valence-corrected chi connectivity index (χ0v) is 21.0. The van der Waals surface area contributed by atoms with Gasteiger partial charge in [-0.15, -0.1) is 0 Å². The van der Waals surface area contributed by atoms with Gasteiger partial charge in [-0.3, -0.25) is 4.79 Å². The van der Waals surface area contributed by atoms with E-state index in [-0.39, 0.29) is 5.70 Å². The van der Waals surface area contributed by atoms with Crippen molar-refractivity contribution in [2.45, 2.75) is 6.61 Å². The summed E-state index contributed by atoms with van der Waals surface area (Å²) in [7, 11) is 0. The van der Waals surface area contributed by atoms with Crippen LogP contribution in [-0.4, -0.2) is 17.0 Å². The van der Waals surface area contributed by atoms with Gasteiger partial charge in [-0.05, 0) is 98.8 Å². The van der Waals surface area contributed by atoms with E-state index >= 15 is 0 Å². The zero-order chi connectivity index (χ0) is 22.4. The molecule has 3 rings (SSSR count). The number of aliphatic carboxylic acids is 1. The Morgan fingerprint density at radius 2 is 1.61 bits per heavy atom. The van der Waals surface area contributed by atoms with Crippen LogP contribution in [0.15, 0.2) is 72.4 Å². The van der Waals surface area contributed by atoms with E-state index in [0.29, 0.717) is 28.5 Å². The predicted molar refractivity (Wildman–Crippen MR) is 137 cm³/mol. The summed E-state index contributed by atoms with van der Waals surface area (Å²) in [4.78, 5) is 24.0. The van der Waals surface area contributed by atoms with E-state index in [2.05, 4.69) is 50.5 Å². The standard InChI is InChI=1S/C23H16ClI2NO4/c24-17-8-6-14(7-9-17)13-31-21-18(25)10-15(11-19(21)26)12-20(23(29)30)27-22(28)16-4-2-1-3-5-16/h1-12H,13H2,(H,27,28)(H,29,30)/b20-12+. The fourth-order valence-corrected chi connectivity index (χ4v) is 4.89. The minimum Gasteiger partial charge on any atom is -0.487 e. The Morgan fingerprint density at radius 3 is 2.19 bits per heavy atom. The molecule has 158 valence electrons. The summed E-state index contributed by atoms with van der Waals surface area (Å²) < 4.78 is 7.60. The fourth-order valence-electron chi connectivity index (χ4n) is 2.64. The molecular weight excluding hydrogens is 644 g/mol. The fraction of sp³-hybridized carbons (Fsp3) is 0.0435. The van der Waals surface area contributed by atoms with Gasteiger partial charge < -0.3 is 15.2 Å². The van der Waals surface area contributed by atoms with Crippen LogP contribution in [0.5, 0.6) is 5.75 Å². The summed E-state index contributed by atoms with van der Waals surface area (Å²) in [6.45, 7) is 0.381. The van der Waals surface area contributed by atoms with Gasteiger partial charge in [0.15, 0.2) is 0 Å². The van der Waals surface area contributed by atoms with Gasteiger partial charge in [-0.25, -0.2) is 4.79 Å². The lowest BCUT2D eigenvalue weighted by atomic mass is 10.1. The summed E-state index contributed by atoms with van der Waals surface area (Å²) in [5.41, 5.74) is 1.79. The van der Waals surface area contributed by atoms with Crippen LogP contribution in [-0.2, 0) is 11.4 Å². The van der Waals surface area contributed by atoms with Crippen LogP contribution >= 0.6 is 56.8 Å². The van der Waals surface area contributed by atoms with Crippen molar-refractivity contribution in [2.24, 2.45) is 0 Å². The van der Waals surface area contributed by atoms with Crippen LogP contribution in [0, 0.1) is 7.14 Å². The number of amides is 1. The maximum Gasteiger partial charge on any atom is 0.352 e. The molecule has 0 unspecified atom stereocenters. The maximum atomic E-state index is 12.3. The maximum absolute atomic E-state index is 12.3. The normalized spacial score (nSPS) is 11.1. The first-order valence-corrected chi connectivity index (χ1v) is 11.5. The molecule has 8 heteroatoms. The Labute approximate surface area is 211 Å². The molecule has 0 fully saturated rings. The Balaban J connectivity index is 1.79. The average Bonchev–Trinajstić information content (AvgIpc) is 2.74. The molecule has 2 N–H and O–H groups in total. The number of rotatable bonds is 7. The minimum atomic E-state index is -1.22. The lowest BCUT2D eigenvalue weighted by molar-refractivity contribution is -0.132. The Kier molecular flexibility index (Phi) is 8.33. The lowest BCUT2D eigenvalue weighted by Crippen LogP contribution is -2.27. The molecule has 1 amide bonds. The third kappa shape index (κ3) is 6.68. The van der Waals surface area contributed by atoms with Crippen molar-refractivity contribution in [1.82, 2.24) is 5.32 Å². The van der Waals surface area contributed by atoms with Gasteiger partial charge in [-0.2, -0.15) is 0 Å². The number of halogens is 3. The molecule has 0 atom stereocenters. The third-order valence-electron chi connectivity index (χ3n) is 4.14. The van der Waals surface area contributed by atoms with Crippen LogP contribution in [0.1, 0.15) is 21.5 Å². The molecule has 5 nitrogen and oxygen atoms in total. The van der Waals surface area contributed by atoms with E-state index in [0.717, 1.165) is 12.7 Å². The monoisotopic (exact) mass is 659 g/mol. The summed E-state index contributed by atoms with van der Waals surface area (Å²) in [6.07, 6.45) is 1.43. The first-order valence-electron chi connectivity index (χ1n) is 9.01. The summed E-state index contributed by atoms with van der Waals surface area (Å²) in [5, 5.41) is 12.7. The number of hydrogen-bond acceptors (Lipinski definition) is 3. The molecule has 0 aliphatic carbocycles. The highest BCUT2D eigenvalue weighted by Gasteiger charge is 2.15. The first kappa shape index (κ1) is 23.6. The van der Waals surface area contributed by atoms with Crippen LogP contribution in [0.3, 0.4) is 0 Å². The van der Waals surface area contributed by atoms with Gasteiger partial charge in [0.25, 0.3) is 5.91 Å². The summed E-state index contributed by atoms with van der Waals surface area (Å²) >= 11 is 10.2. The van der Waals surface area contributed by atoms with Crippen molar-refractivity contribution in [2.75, 3.05) is 0 Å². The first-order chi connectivity index (χ1) is 14.8. The number of carboxylic acid groups (broad SMARTS) is 1. The van der Waals surface area contributed by atoms with E-state index < -0.39 is 11.9 Å². The van der Waals surface area contributed by atoms with Crippen molar-refractivity contribution in [3.8, 4) is 5.75 Å². The Morgan fingerprint density at radius 1 is 1.00 bits per heavy atom. The van der Waals surface area contributed by atoms with Crippen LogP contribution < -0.4 is 10.1 Å². The van der Waals surface area contributed by atoms with E-state index in [1.807, 2.05) is 12.1 Å². The molecule has 0 saturated heterocycles. The highest BCUT2D eigenvalue weighted by molar-refractivity contribution is 14.1. The molecule has 0 aromatic heterocycles. The van der Waals surface area contributed by atoms with Crippen molar-refractivity contribution in [3.05, 3.63) is 101 Å². The van der Waals surface area contributed by atoms with Crippen molar-refractivity contribution in [3.63, 3.8) is 0 Å². The van der Waals surface area contributed by atoms with Crippen molar-refractivity contribution < 1.29 is 19.4 Å². The minimum absolute atomic E-state index is 0.213. The highest BCUT2D eigenvalue weighted by Crippen LogP contribution is 2.30. The summed E-state index contributed by atoms with van der Waals surface area (Å²) in [6, 6.07) is 19.5. The molecule has 31 heavy (non-hydrogen) atoms. The number of carboxylic acids is 1. The van der Waals surface area contributed by atoms with E-state index in [9.17, 15) is 14.7 Å². The highest BCUT2D eigenvalue weighted by atomic mass is 127. The van der Waals surface area contributed by atoms with Gasteiger partial charge in [0.05, 0.1) is 7.14 Å². The molecule has 0 saturated carbocycles. The smallest absolute Gasteiger partial charge is 0.352 e. The van der Waals surface area contributed by atoms with Crippen molar-refractivity contribution >= 4 is 74.7 Å². The quantitative estimate of drug-likeness (QED) is 0.242. The Hall–Kier alpha value is -2.11. The average molecular weight is 660 g/mol. The van der Waals surface area contributed by atoms with Crippen LogP contribution in [0.25, 0.3) is 6.08 Å². The zero-order valence-electron chi connectivity index (χ0n) is 15.9. The van der Waals surface area contributed by atoms with E-state index in [1.165, 1.54) is 6.08 Å². The van der Waals surface area contributed by atoms with E-state index in [4.69, 9.17) is 16.3 Å². The predicted octanol–water partition coefficient (Wildman–Crippen LogP) is 5.98.